The number of fused-ring (bicyclic) bond motifs is 1. The van der Waals surface area contributed by atoms with Crippen molar-refractivity contribution in [2.45, 2.75) is 32.9 Å². The van der Waals surface area contributed by atoms with Crippen LogP contribution in [0.4, 0.5) is 11.5 Å². The van der Waals surface area contributed by atoms with Crippen LogP contribution in [-0.2, 0) is 0 Å². The Morgan fingerprint density at radius 1 is 1.11 bits per heavy atom. The van der Waals surface area contributed by atoms with Crippen molar-refractivity contribution >= 4 is 28.3 Å². The topological polar surface area (TPSA) is 97.2 Å². The van der Waals surface area contributed by atoms with Gasteiger partial charge >= 0.3 is 6.01 Å². The number of piperazine rings is 1. The normalized spacial score (nSPS) is 18.0. The zero-order chi connectivity index (χ0) is 24.5. The number of para-hydroxylation sites is 1. The van der Waals surface area contributed by atoms with Gasteiger partial charge in [0, 0.05) is 48.5 Å². The van der Waals surface area contributed by atoms with Gasteiger partial charge in [-0.15, -0.1) is 0 Å². The lowest BCUT2D eigenvalue weighted by Crippen LogP contribution is -2.54. The van der Waals surface area contributed by atoms with Crippen molar-refractivity contribution in [3.05, 3.63) is 66.0 Å². The molecule has 35 heavy (non-hydrogen) atoms. The number of amides is 1. The Morgan fingerprint density at radius 3 is 2.57 bits per heavy atom. The molecule has 2 aromatic carbocycles. The van der Waals surface area contributed by atoms with Gasteiger partial charge in [-0.3, -0.25) is 4.79 Å². The summed E-state index contributed by atoms with van der Waals surface area (Å²) in [6, 6.07) is 16.3. The van der Waals surface area contributed by atoms with Crippen molar-refractivity contribution < 1.29 is 9.53 Å². The molecule has 3 heterocycles. The third-order valence-electron chi connectivity index (χ3n) is 6.10. The lowest BCUT2D eigenvalue weighted by Gasteiger charge is -2.38. The van der Waals surface area contributed by atoms with Crippen LogP contribution in [0.5, 0.6) is 6.01 Å². The van der Waals surface area contributed by atoms with Crippen molar-refractivity contribution in [3.8, 4) is 11.7 Å². The smallest absolute Gasteiger partial charge is 0.316 e. The molecule has 2 N–H and O–H groups in total. The molecule has 5 rings (SSSR count). The van der Waals surface area contributed by atoms with Crippen LogP contribution >= 0.6 is 0 Å². The molecule has 1 fully saturated rings. The molecule has 1 aliphatic heterocycles. The zero-order valence-corrected chi connectivity index (χ0v) is 20.3. The van der Waals surface area contributed by atoms with Crippen LogP contribution in [0.25, 0.3) is 16.6 Å². The highest BCUT2D eigenvalue weighted by Gasteiger charge is 2.25. The number of nitrogens with one attached hydrogen (secondary N) is 2. The fraction of sp³-hybridized carbons (Fsp3) is 0.308. The van der Waals surface area contributed by atoms with Crippen molar-refractivity contribution in [3.63, 3.8) is 0 Å². The fourth-order valence-corrected chi connectivity index (χ4v) is 4.71. The predicted octanol–water partition coefficient (Wildman–Crippen LogP) is 3.57. The van der Waals surface area contributed by atoms with Gasteiger partial charge < -0.3 is 20.3 Å². The molecule has 0 aliphatic carbocycles. The van der Waals surface area contributed by atoms with Gasteiger partial charge in [0.1, 0.15) is 5.82 Å². The minimum Gasteiger partial charge on any atom is -0.467 e. The second-order valence-electron chi connectivity index (χ2n) is 9.00. The molecule has 2 atom stereocenters. The largest absolute Gasteiger partial charge is 0.467 e. The summed E-state index contributed by atoms with van der Waals surface area (Å²) in [6.07, 6.45) is 1.74. The molecule has 0 saturated carbocycles. The van der Waals surface area contributed by atoms with E-state index in [0.29, 0.717) is 29.0 Å². The first kappa shape index (κ1) is 22.8. The van der Waals surface area contributed by atoms with Crippen molar-refractivity contribution in [1.29, 1.82) is 0 Å². The number of aryl methyl sites for hydroxylation is 1. The van der Waals surface area contributed by atoms with Crippen LogP contribution in [0.1, 0.15) is 29.9 Å². The molecule has 0 unspecified atom stereocenters. The number of rotatable bonds is 5. The van der Waals surface area contributed by atoms with E-state index in [-0.39, 0.29) is 11.9 Å². The maximum Gasteiger partial charge on any atom is 0.316 e. The number of nitrogens with zero attached hydrogens (tertiary/aromatic N) is 5. The minimum atomic E-state index is -0.276. The third kappa shape index (κ3) is 4.54. The molecule has 9 nitrogen and oxygen atoms in total. The van der Waals surface area contributed by atoms with E-state index in [1.807, 2.05) is 55.5 Å². The van der Waals surface area contributed by atoms with Crippen molar-refractivity contribution in [2.24, 2.45) is 0 Å². The average molecular weight is 472 g/mol. The van der Waals surface area contributed by atoms with Gasteiger partial charge in [0.15, 0.2) is 0 Å². The number of hydrogen-bond donors (Lipinski definition) is 2. The minimum absolute atomic E-state index is 0.218. The number of anilines is 2. The SMILES string of the molecule is COc1ncc2c(N3C[C@@H](C)N[C@@H](C)C3)ccc(C(=O)Nc3cc(C)nn3-c3ccccc3)c2n1. The van der Waals surface area contributed by atoms with Crippen LogP contribution in [0, 0.1) is 6.92 Å². The van der Waals surface area contributed by atoms with E-state index in [1.165, 1.54) is 7.11 Å². The summed E-state index contributed by atoms with van der Waals surface area (Å²) in [5.41, 5.74) is 3.66. The van der Waals surface area contributed by atoms with Crippen LogP contribution < -0.4 is 20.3 Å². The molecule has 0 radical (unpaired) electrons. The van der Waals surface area contributed by atoms with Gasteiger partial charge in [0.05, 0.1) is 29.6 Å². The highest BCUT2D eigenvalue weighted by molar-refractivity contribution is 6.13. The first-order chi connectivity index (χ1) is 16.9. The first-order valence-corrected chi connectivity index (χ1v) is 11.7. The number of ether oxygens (including phenoxy) is 1. The lowest BCUT2D eigenvalue weighted by atomic mass is 10.0. The van der Waals surface area contributed by atoms with E-state index < -0.39 is 0 Å². The fourth-order valence-electron chi connectivity index (χ4n) is 4.71. The van der Waals surface area contributed by atoms with Gasteiger partial charge in [-0.1, -0.05) is 18.2 Å². The van der Waals surface area contributed by atoms with Crippen molar-refractivity contribution in [1.82, 2.24) is 25.1 Å². The maximum atomic E-state index is 13.5. The Balaban J connectivity index is 1.54. The molecular weight excluding hydrogens is 442 g/mol. The van der Waals surface area contributed by atoms with Gasteiger partial charge in [-0.2, -0.15) is 10.1 Å². The van der Waals surface area contributed by atoms with Gasteiger partial charge in [0.25, 0.3) is 5.91 Å². The Bertz CT molecular complexity index is 1360. The van der Waals surface area contributed by atoms with Crippen LogP contribution in [0.2, 0.25) is 0 Å². The molecule has 2 aromatic heterocycles. The van der Waals surface area contributed by atoms with Crippen LogP contribution in [-0.4, -0.2) is 57.9 Å². The second-order valence-corrected chi connectivity index (χ2v) is 9.00. The molecular formula is C26H29N7O2. The van der Waals surface area contributed by atoms with E-state index in [2.05, 4.69) is 44.4 Å². The van der Waals surface area contributed by atoms with E-state index in [0.717, 1.165) is 35.5 Å². The number of methoxy groups -OCH3 is 1. The standard InChI is InChI=1S/C26H29N7O2/c1-16-12-23(33(31-16)19-8-6-5-7-9-19)29-25(34)20-10-11-22(32-14-17(2)28-18(3)15-32)21-13-27-26(35-4)30-24(20)21/h5-13,17-18,28H,14-15H2,1-4H3,(H,29,34)/t17-,18+. The predicted molar refractivity (Wildman–Crippen MR) is 137 cm³/mol. The van der Waals surface area contributed by atoms with E-state index in [1.54, 1.807) is 10.9 Å². The quantitative estimate of drug-likeness (QED) is 0.459. The van der Waals surface area contributed by atoms with Crippen molar-refractivity contribution in [2.75, 3.05) is 30.4 Å². The monoisotopic (exact) mass is 471 g/mol. The molecule has 0 bridgehead atoms. The Hall–Kier alpha value is -3.98. The molecule has 1 saturated heterocycles. The van der Waals surface area contributed by atoms with E-state index in [4.69, 9.17) is 4.74 Å². The zero-order valence-electron chi connectivity index (χ0n) is 20.3. The molecule has 1 amide bonds. The van der Waals surface area contributed by atoms with Gasteiger partial charge in [-0.05, 0) is 45.0 Å². The molecule has 180 valence electrons. The number of aromatic nitrogens is 4. The summed E-state index contributed by atoms with van der Waals surface area (Å²) in [5, 5.41) is 11.9. The number of benzene rings is 2. The van der Waals surface area contributed by atoms with E-state index in [9.17, 15) is 4.79 Å². The Morgan fingerprint density at radius 2 is 1.86 bits per heavy atom. The Kier molecular flexibility index (Phi) is 6.08. The summed E-state index contributed by atoms with van der Waals surface area (Å²) in [5.74, 6) is 0.308. The molecule has 9 heteroatoms. The highest BCUT2D eigenvalue weighted by atomic mass is 16.5. The number of hydrogen-bond acceptors (Lipinski definition) is 7. The van der Waals surface area contributed by atoms with Gasteiger partial charge in [0.2, 0.25) is 0 Å². The summed E-state index contributed by atoms with van der Waals surface area (Å²) in [7, 11) is 1.52. The van der Waals surface area contributed by atoms with Crippen LogP contribution in [0.15, 0.2) is 54.7 Å². The van der Waals surface area contributed by atoms with Gasteiger partial charge in [-0.25, -0.2) is 9.67 Å². The summed E-state index contributed by atoms with van der Waals surface area (Å²) >= 11 is 0. The first-order valence-electron chi connectivity index (χ1n) is 11.7. The molecule has 0 spiro atoms. The Labute approximate surface area is 204 Å². The third-order valence-corrected chi connectivity index (χ3v) is 6.10. The second kappa shape index (κ2) is 9.34. The van der Waals surface area contributed by atoms with Crippen LogP contribution in [0.3, 0.4) is 0 Å². The number of carbonyl (C=O) groups excluding carboxylic acids is 1. The lowest BCUT2D eigenvalue weighted by molar-refractivity contribution is 0.102. The summed E-state index contributed by atoms with van der Waals surface area (Å²) in [4.78, 5) is 24.8. The van der Waals surface area contributed by atoms with E-state index >= 15 is 0 Å². The average Bonchev–Trinajstić information content (AvgIpc) is 3.22. The molecule has 1 aliphatic rings. The summed E-state index contributed by atoms with van der Waals surface area (Å²) < 4.78 is 7.01. The number of carbonyl (C=O) groups is 1. The highest BCUT2D eigenvalue weighted by Crippen LogP contribution is 2.31. The maximum absolute atomic E-state index is 13.5. The molecule has 4 aromatic rings. The summed E-state index contributed by atoms with van der Waals surface area (Å²) in [6.45, 7) is 7.94.